The molecule has 1 atom stereocenters. The second-order valence-corrected chi connectivity index (χ2v) is 4.17. The van der Waals surface area contributed by atoms with Gasteiger partial charge in [-0.05, 0) is 18.3 Å². The minimum atomic E-state index is 0.289. The maximum atomic E-state index is 5.85. The fourth-order valence-corrected chi connectivity index (χ4v) is 0.872. The molecule has 0 saturated heterocycles. The summed E-state index contributed by atoms with van der Waals surface area (Å²) in [6, 6.07) is 0.289. The summed E-state index contributed by atoms with van der Waals surface area (Å²) in [4.78, 5) is 0. The standard InChI is InChI=1S/C10H23NO/c1-8(2)7-12-6-5-10(11)9(3)4/h8-10H,5-7,11H2,1-4H3. The van der Waals surface area contributed by atoms with Gasteiger partial charge in [-0.1, -0.05) is 27.7 Å². The van der Waals surface area contributed by atoms with Gasteiger partial charge in [-0.2, -0.15) is 0 Å². The van der Waals surface area contributed by atoms with Crippen molar-refractivity contribution in [1.29, 1.82) is 0 Å². The van der Waals surface area contributed by atoms with E-state index in [1.807, 2.05) is 0 Å². The first-order chi connectivity index (χ1) is 5.54. The van der Waals surface area contributed by atoms with Crippen LogP contribution in [0.5, 0.6) is 0 Å². The van der Waals surface area contributed by atoms with Crippen LogP contribution in [0.3, 0.4) is 0 Å². The van der Waals surface area contributed by atoms with Gasteiger partial charge >= 0.3 is 0 Å². The summed E-state index contributed by atoms with van der Waals surface area (Å²) >= 11 is 0. The lowest BCUT2D eigenvalue weighted by molar-refractivity contribution is 0.101. The number of hydrogen-bond acceptors (Lipinski definition) is 2. The third-order valence-electron chi connectivity index (χ3n) is 1.90. The molecule has 74 valence electrons. The van der Waals surface area contributed by atoms with Gasteiger partial charge in [0.1, 0.15) is 0 Å². The monoisotopic (exact) mass is 173 g/mol. The van der Waals surface area contributed by atoms with Crippen molar-refractivity contribution < 1.29 is 4.74 Å². The molecule has 0 amide bonds. The number of nitrogens with two attached hydrogens (primary N) is 1. The average molecular weight is 173 g/mol. The van der Waals surface area contributed by atoms with Crippen LogP contribution in [0, 0.1) is 11.8 Å². The highest BCUT2D eigenvalue weighted by Crippen LogP contribution is 2.03. The molecule has 2 heteroatoms. The second-order valence-electron chi connectivity index (χ2n) is 4.17. The van der Waals surface area contributed by atoms with Gasteiger partial charge in [-0.25, -0.2) is 0 Å². The molecule has 0 aliphatic heterocycles. The average Bonchev–Trinajstić information content (AvgIpc) is 1.97. The lowest BCUT2D eigenvalue weighted by atomic mass is 10.0. The van der Waals surface area contributed by atoms with E-state index in [4.69, 9.17) is 10.5 Å². The summed E-state index contributed by atoms with van der Waals surface area (Å²) in [5.41, 5.74) is 5.85. The third kappa shape index (κ3) is 6.62. The summed E-state index contributed by atoms with van der Waals surface area (Å²) in [5.74, 6) is 1.19. The van der Waals surface area contributed by atoms with Crippen molar-refractivity contribution in [2.45, 2.75) is 40.2 Å². The third-order valence-corrected chi connectivity index (χ3v) is 1.90. The molecule has 0 saturated carbocycles. The Kier molecular flexibility index (Phi) is 6.39. The van der Waals surface area contributed by atoms with Gasteiger partial charge in [0.05, 0.1) is 0 Å². The van der Waals surface area contributed by atoms with Crippen molar-refractivity contribution in [1.82, 2.24) is 0 Å². The molecule has 0 aliphatic rings. The largest absolute Gasteiger partial charge is 0.381 e. The van der Waals surface area contributed by atoms with E-state index in [0.29, 0.717) is 11.8 Å². The predicted octanol–water partition coefficient (Wildman–Crippen LogP) is 2.03. The van der Waals surface area contributed by atoms with E-state index in [9.17, 15) is 0 Å². The van der Waals surface area contributed by atoms with Crippen molar-refractivity contribution in [3.63, 3.8) is 0 Å². The fourth-order valence-electron chi connectivity index (χ4n) is 0.872. The molecule has 1 unspecified atom stereocenters. The van der Waals surface area contributed by atoms with Crippen LogP contribution in [0.25, 0.3) is 0 Å². The Balaban J connectivity index is 3.20. The molecule has 0 aromatic rings. The van der Waals surface area contributed by atoms with E-state index in [1.165, 1.54) is 0 Å². The minimum absolute atomic E-state index is 0.289. The number of rotatable bonds is 6. The molecule has 0 heterocycles. The SMILES string of the molecule is CC(C)COCCC(N)C(C)C. The van der Waals surface area contributed by atoms with Gasteiger partial charge in [0.25, 0.3) is 0 Å². The fraction of sp³-hybridized carbons (Fsp3) is 1.00. The molecule has 0 aromatic carbocycles. The Morgan fingerprint density at radius 3 is 2.17 bits per heavy atom. The minimum Gasteiger partial charge on any atom is -0.381 e. The molecule has 0 fully saturated rings. The Morgan fingerprint density at radius 2 is 1.75 bits per heavy atom. The smallest absolute Gasteiger partial charge is 0.0489 e. The predicted molar refractivity (Wildman–Crippen MR) is 53.1 cm³/mol. The zero-order valence-electron chi connectivity index (χ0n) is 8.84. The summed E-state index contributed by atoms with van der Waals surface area (Å²) < 4.78 is 5.44. The van der Waals surface area contributed by atoms with E-state index >= 15 is 0 Å². The van der Waals surface area contributed by atoms with Gasteiger partial charge in [0, 0.05) is 19.3 Å². The van der Waals surface area contributed by atoms with Crippen LogP contribution in [0.4, 0.5) is 0 Å². The zero-order valence-corrected chi connectivity index (χ0v) is 8.84. The van der Waals surface area contributed by atoms with Crippen molar-refractivity contribution in [3.8, 4) is 0 Å². The normalized spacial score (nSPS) is 14.2. The second kappa shape index (κ2) is 6.44. The van der Waals surface area contributed by atoms with Gasteiger partial charge in [0.2, 0.25) is 0 Å². The van der Waals surface area contributed by atoms with E-state index in [1.54, 1.807) is 0 Å². The van der Waals surface area contributed by atoms with Crippen molar-refractivity contribution in [2.75, 3.05) is 13.2 Å². The summed E-state index contributed by atoms with van der Waals surface area (Å²) in [6.45, 7) is 10.3. The zero-order chi connectivity index (χ0) is 9.56. The maximum Gasteiger partial charge on any atom is 0.0489 e. The van der Waals surface area contributed by atoms with Gasteiger partial charge < -0.3 is 10.5 Å². The Bertz CT molecular complexity index is 102. The van der Waals surface area contributed by atoms with Crippen LogP contribution in [0.1, 0.15) is 34.1 Å². The topological polar surface area (TPSA) is 35.2 Å². The van der Waals surface area contributed by atoms with E-state index in [2.05, 4.69) is 27.7 Å². The van der Waals surface area contributed by atoms with Crippen molar-refractivity contribution in [3.05, 3.63) is 0 Å². The lowest BCUT2D eigenvalue weighted by Gasteiger charge is -2.15. The molecule has 0 aromatic heterocycles. The molecular formula is C10H23NO. The van der Waals surface area contributed by atoms with Crippen molar-refractivity contribution >= 4 is 0 Å². The van der Waals surface area contributed by atoms with Crippen LogP contribution in [-0.2, 0) is 4.74 Å². The molecule has 2 N–H and O–H groups in total. The molecule has 12 heavy (non-hydrogen) atoms. The van der Waals surface area contributed by atoms with E-state index < -0.39 is 0 Å². The molecule has 0 rings (SSSR count). The van der Waals surface area contributed by atoms with Crippen LogP contribution in [-0.4, -0.2) is 19.3 Å². The quantitative estimate of drug-likeness (QED) is 0.624. The highest BCUT2D eigenvalue weighted by atomic mass is 16.5. The molecule has 0 aliphatic carbocycles. The van der Waals surface area contributed by atoms with Crippen LogP contribution >= 0.6 is 0 Å². The van der Waals surface area contributed by atoms with Gasteiger partial charge in [0.15, 0.2) is 0 Å². The number of ether oxygens (including phenoxy) is 1. The van der Waals surface area contributed by atoms with Gasteiger partial charge in [-0.3, -0.25) is 0 Å². The summed E-state index contributed by atoms with van der Waals surface area (Å²) in [7, 11) is 0. The highest BCUT2D eigenvalue weighted by molar-refractivity contribution is 4.64. The van der Waals surface area contributed by atoms with Crippen LogP contribution in [0.15, 0.2) is 0 Å². The molecule has 0 bridgehead atoms. The van der Waals surface area contributed by atoms with E-state index in [-0.39, 0.29) is 6.04 Å². The van der Waals surface area contributed by atoms with E-state index in [0.717, 1.165) is 19.6 Å². The summed E-state index contributed by atoms with van der Waals surface area (Å²) in [5, 5.41) is 0. The Hall–Kier alpha value is -0.0800. The first kappa shape index (κ1) is 11.9. The van der Waals surface area contributed by atoms with Crippen LogP contribution < -0.4 is 5.73 Å². The molecular weight excluding hydrogens is 150 g/mol. The highest BCUT2D eigenvalue weighted by Gasteiger charge is 2.06. The molecule has 2 nitrogen and oxygen atoms in total. The molecule has 0 radical (unpaired) electrons. The lowest BCUT2D eigenvalue weighted by Crippen LogP contribution is -2.28. The van der Waals surface area contributed by atoms with Crippen LogP contribution in [0.2, 0.25) is 0 Å². The summed E-state index contributed by atoms with van der Waals surface area (Å²) in [6.07, 6.45) is 0.977. The first-order valence-electron chi connectivity index (χ1n) is 4.87. The Labute approximate surface area is 76.5 Å². The maximum absolute atomic E-state index is 5.85. The number of hydrogen-bond donors (Lipinski definition) is 1. The molecule has 0 spiro atoms. The van der Waals surface area contributed by atoms with Gasteiger partial charge in [-0.15, -0.1) is 0 Å². The first-order valence-corrected chi connectivity index (χ1v) is 4.87. The van der Waals surface area contributed by atoms with Crippen molar-refractivity contribution in [2.24, 2.45) is 17.6 Å². The Morgan fingerprint density at radius 1 is 1.17 bits per heavy atom.